The van der Waals surface area contributed by atoms with Gasteiger partial charge in [0.05, 0.1) is 26.4 Å². The molecule has 0 saturated carbocycles. The molecular weight excluding hydrogens is 837 g/mol. The fourth-order valence-corrected chi connectivity index (χ4v) is 8.35. The summed E-state index contributed by atoms with van der Waals surface area (Å²) in [6, 6.07) is 16.8. The molecule has 0 unspecified atom stereocenters. The van der Waals surface area contributed by atoms with Gasteiger partial charge in [-0.3, -0.25) is 28.8 Å². The summed E-state index contributed by atoms with van der Waals surface area (Å²) in [5.74, 6) is -3.98. The van der Waals surface area contributed by atoms with E-state index in [1.165, 1.54) is 49.6 Å². The van der Waals surface area contributed by atoms with Gasteiger partial charge in [0, 0.05) is 52.1 Å². The molecular formula is C53H72N4O9. The molecule has 0 saturated heterocycles. The van der Waals surface area contributed by atoms with E-state index in [1.54, 1.807) is 27.0 Å². The number of likely N-dealkylation sites (N-methyl/N-ethyl adjacent to an activating group) is 2. The number of amides is 4. The number of nitrogens with one attached hydrogen (secondary N) is 2. The quantitative estimate of drug-likeness (QED) is 0.0758. The maximum atomic E-state index is 14.3. The standard InChI is InChI=1S/C53H72N4O9/c1-9-10-11-12-13-14-15-19-22-48(60)56(6)45(34-66-33-39-20-17-16-18-21-39)52(63)54-38(5)46(58)27-28-49(61)57(7)50-41-26-24-36(3)43(32-41)42-30-40(25-23-35(42)2)31-44(53(64)65-8)55-51(62)37(4)29-47(50)59/h16-18,20-21,23-26,30,32,37-38,44-45,50H,9-15,19,22,27-29,31,33-34H2,1-8H3,(H,54,63)(H,55,62)/t37-,38-,44+,45-,50+/m1/s1. The molecule has 4 bridgehead atoms. The lowest BCUT2D eigenvalue weighted by molar-refractivity contribution is -0.145. The highest BCUT2D eigenvalue weighted by molar-refractivity contribution is 5.96. The van der Waals surface area contributed by atoms with Crippen molar-refractivity contribution in [2.75, 3.05) is 27.8 Å². The fourth-order valence-electron chi connectivity index (χ4n) is 8.35. The third kappa shape index (κ3) is 15.5. The SMILES string of the molecule is CCCCCCCCCCC(=O)N(C)[C@H](COCc1ccccc1)C(=O)N[C@H](C)C(=O)CCC(=O)N(C)[C@@H]1C(=O)C[C@@H](C)C(=O)N[C@H](C(=O)OC)Cc2ccc(C)c(c2)-c2cc1ccc2C. The first-order valence-electron chi connectivity index (χ1n) is 23.6. The number of ketones is 2. The number of rotatable bonds is 22. The molecule has 1 aliphatic rings. The molecule has 0 aliphatic carbocycles. The third-order valence-electron chi connectivity index (χ3n) is 12.7. The van der Waals surface area contributed by atoms with Gasteiger partial charge in [0.25, 0.3) is 0 Å². The highest BCUT2D eigenvalue weighted by atomic mass is 16.5. The monoisotopic (exact) mass is 909 g/mol. The second-order valence-electron chi connectivity index (χ2n) is 17.9. The number of hydrogen-bond donors (Lipinski definition) is 2. The number of aryl methyl sites for hydroxylation is 2. The molecule has 0 aromatic heterocycles. The Morgan fingerprint density at radius 1 is 0.788 bits per heavy atom. The number of fused-ring (bicyclic) bond motifs is 5. The van der Waals surface area contributed by atoms with E-state index in [9.17, 15) is 33.6 Å². The van der Waals surface area contributed by atoms with Crippen LogP contribution in [0.5, 0.6) is 0 Å². The van der Waals surface area contributed by atoms with Crippen LogP contribution >= 0.6 is 0 Å². The Bertz CT molecular complexity index is 2140. The number of carbonyl (C=O) groups excluding carboxylic acids is 7. The lowest BCUT2D eigenvalue weighted by Gasteiger charge is -2.30. The van der Waals surface area contributed by atoms with Crippen molar-refractivity contribution in [1.82, 2.24) is 20.4 Å². The zero-order chi connectivity index (χ0) is 48.3. The van der Waals surface area contributed by atoms with Crippen molar-refractivity contribution in [2.24, 2.45) is 5.92 Å². The van der Waals surface area contributed by atoms with Gasteiger partial charge in [-0.15, -0.1) is 0 Å². The van der Waals surface area contributed by atoms with E-state index in [-0.39, 0.29) is 44.8 Å². The van der Waals surface area contributed by atoms with Crippen molar-refractivity contribution < 1.29 is 43.0 Å². The van der Waals surface area contributed by atoms with Crippen LogP contribution in [0.25, 0.3) is 11.1 Å². The number of hydrogen-bond acceptors (Lipinski definition) is 9. The summed E-state index contributed by atoms with van der Waals surface area (Å²) in [4.78, 5) is 98.1. The number of esters is 1. The Morgan fingerprint density at radius 3 is 2.09 bits per heavy atom. The lowest BCUT2D eigenvalue weighted by atomic mass is 9.87. The normalized spacial score (nSPS) is 17.1. The first-order chi connectivity index (χ1) is 31.6. The molecule has 0 fully saturated rings. The second-order valence-corrected chi connectivity index (χ2v) is 17.9. The number of benzene rings is 3. The maximum absolute atomic E-state index is 14.3. The molecule has 0 spiro atoms. The van der Waals surface area contributed by atoms with Crippen LogP contribution in [0.15, 0.2) is 66.7 Å². The summed E-state index contributed by atoms with van der Waals surface area (Å²) in [5, 5.41) is 5.54. The molecule has 13 nitrogen and oxygen atoms in total. The first kappa shape index (κ1) is 52.9. The summed E-state index contributed by atoms with van der Waals surface area (Å²) in [6.07, 6.45) is 8.44. The van der Waals surface area contributed by atoms with E-state index in [0.717, 1.165) is 52.6 Å². The second kappa shape index (κ2) is 26.5. The number of ether oxygens (including phenoxy) is 2. The van der Waals surface area contributed by atoms with Crippen LogP contribution in [-0.2, 0) is 56.1 Å². The molecule has 66 heavy (non-hydrogen) atoms. The van der Waals surface area contributed by atoms with Crippen molar-refractivity contribution in [1.29, 1.82) is 0 Å². The van der Waals surface area contributed by atoms with E-state index >= 15 is 0 Å². The Kier molecular flexibility index (Phi) is 21.2. The van der Waals surface area contributed by atoms with Gasteiger partial charge in [-0.1, -0.05) is 119 Å². The van der Waals surface area contributed by atoms with Gasteiger partial charge >= 0.3 is 5.97 Å². The average molecular weight is 909 g/mol. The van der Waals surface area contributed by atoms with Crippen LogP contribution in [0.4, 0.5) is 0 Å². The molecule has 5 atom stereocenters. The van der Waals surface area contributed by atoms with Gasteiger partial charge in [-0.05, 0) is 72.2 Å². The molecule has 1 heterocycles. The van der Waals surface area contributed by atoms with Gasteiger partial charge in [-0.25, -0.2) is 4.79 Å². The number of nitrogens with zero attached hydrogens (tertiary/aromatic N) is 2. The van der Waals surface area contributed by atoms with Crippen LogP contribution in [0.1, 0.15) is 132 Å². The van der Waals surface area contributed by atoms with Crippen LogP contribution < -0.4 is 10.6 Å². The largest absolute Gasteiger partial charge is 0.467 e. The van der Waals surface area contributed by atoms with Crippen LogP contribution in [0.2, 0.25) is 0 Å². The minimum Gasteiger partial charge on any atom is -0.467 e. The maximum Gasteiger partial charge on any atom is 0.328 e. The molecule has 0 radical (unpaired) electrons. The van der Waals surface area contributed by atoms with Gasteiger partial charge in [0.1, 0.15) is 18.1 Å². The smallest absolute Gasteiger partial charge is 0.328 e. The predicted molar refractivity (Wildman–Crippen MR) is 255 cm³/mol. The zero-order valence-corrected chi connectivity index (χ0v) is 40.4. The van der Waals surface area contributed by atoms with Crippen molar-refractivity contribution in [3.63, 3.8) is 0 Å². The minimum atomic E-state index is -1.10. The Morgan fingerprint density at radius 2 is 1.42 bits per heavy atom. The molecule has 13 heteroatoms. The fraction of sp³-hybridized carbons (Fsp3) is 0.528. The number of methoxy groups -OCH3 is 1. The van der Waals surface area contributed by atoms with E-state index in [1.807, 2.05) is 74.5 Å². The predicted octanol–water partition coefficient (Wildman–Crippen LogP) is 7.71. The Hall–Kier alpha value is -5.69. The number of Topliss-reactive ketones (excluding diaryl/α,β-unsaturated/α-hetero) is 2. The number of carbonyl (C=O) groups is 7. The van der Waals surface area contributed by atoms with Gasteiger partial charge in [-0.2, -0.15) is 0 Å². The summed E-state index contributed by atoms with van der Waals surface area (Å²) >= 11 is 0. The number of unbranched alkanes of at least 4 members (excludes halogenated alkanes) is 7. The van der Waals surface area contributed by atoms with Crippen molar-refractivity contribution in [3.05, 3.63) is 94.5 Å². The lowest BCUT2D eigenvalue weighted by Crippen LogP contribution is -2.53. The Labute approximate surface area is 391 Å². The molecule has 1 aliphatic heterocycles. The zero-order valence-electron chi connectivity index (χ0n) is 40.4. The minimum absolute atomic E-state index is 0.0854. The van der Waals surface area contributed by atoms with E-state index in [4.69, 9.17) is 9.47 Å². The van der Waals surface area contributed by atoms with Crippen molar-refractivity contribution >= 4 is 41.2 Å². The van der Waals surface area contributed by atoms with Crippen molar-refractivity contribution in [2.45, 2.75) is 149 Å². The average Bonchev–Trinajstić information content (AvgIpc) is 3.30. The highest BCUT2D eigenvalue weighted by Gasteiger charge is 2.34. The molecule has 4 rings (SSSR count). The summed E-state index contributed by atoms with van der Waals surface area (Å²) in [7, 11) is 4.35. The third-order valence-corrected chi connectivity index (χ3v) is 12.7. The van der Waals surface area contributed by atoms with E-state index < -0.39 is 65.3 Å². The van der Waals surface area contributed by atoms with Gasteiger partial charge in [0.2, 0.25) is 23.6 Å². The van der Waals surface area contributed by atoms with Gasteiger partial charge in [0.15, 0.2) is 11.6 Å². The van der Waals surface area contributed by atoms with E-state index in [0.29, 0.717) is 18.4 Å². The Balaban J connectivity index is 1.47. The van der Waals surface area contributed by atoms with Crippen LogP contribution in [0.3, 0.4) is 0 Å². The summed E-state index contributed by atoms with van der Waals surface area (Å²) in [5.41, 5.74) is 5.87. The van der Waals surface area contributed by atoms with Crippen LogP contribution in [0, 0.1) is 19.8 Å². The summed E-state index contributed by atoms with van der Waals surface area (Å²) in [6.45, 7) is 9.39. The van der Waals surface area contributed by atoms with E-state index in [2.05, 4.69) is 17.6 Å². The molecule has 4 amide bonds. The molecule has 2 N–H and O–H groups in total. The molecule has 3 aromatic carbocycles. The highest BCUT2D eigenvalue weighted by Crippen LogP contribution is 2.34. The van der Waals surface area contributed by atoms with Gasteiger partial charge < -0.3 is 29.9 Å². The molecule has 3 aromatic rings. The topological polar surface area (TPSA) is 168 Å². The first-order valence-corrected chi connectivity index (χ1v) is 23.6. The molecule has 358 valence electrons. The summed E-state index contributed by atoms with van der Waals surface area (Å²) < 4.78 is 11.0. The van der Waals surface area contributed by atoms with Crippen LogP contribution in [-0.4, -0.2) is 96.9 Å². The van der Waals surface area contributed by atoms with Crippen molar-refractivity contribution in [3.8, 4) is 11.1 Å².